The molecule has 6 nitrogen and oxygen atoms in total. The van der Waals surface area contributed by atoms with Crippen molar-refractivity contribution in [2.75, 3.05) is 11.4 Å². The number of carbonyl (C=O) groups is 3. The molecule has 2 unspecified atom stereocenters. The molecule has 0 aliphatic carbocycles. The Morgan fingerprint density at radius 1 is 0.925 bits per heavy atom. The fourth-order valence-corrected chi connectivity index (χ4v) is 5.36. The Kier molecular flexibility index (Phi) is 8.17. The average molecular weight is 554 g/mol. The van der Waals surface area contributed by atoms with Crippen LogP contribution in [0, 0.1) is 0 Å². The van der Waals surface area contributed by atoms with Gasteiger partial charge in [-0.3, -0.25) is 19.3 Å². The van der Waals surface area contributed by atoms with Crippen molar-refractivity contribution in [3.63, 3.8) is 0 Å². The van der Waals surface area contributed by atoms with Crippen LogP contribution in [0.4, 0.5) is 5.69 Å². The zero-order valence-corrected chi connectivity index (χ0v) is 23.4. The molecule has 4 aromatic rings. The molecule has 0 saturated heterocycles. The van der Waals surface area contributed by atoms with E-state index in [0.29, 0.717) is 22.7 Å². The van der Waals surface area contributed by atoms with Crippen molar-refractivity contribution in [1.29, 1.82) is 0 Å². The van der Waals surface area contributed by atoms with Crippen LogP contribution in [0.15, 0.2) is 91.0 Å². The first-order valence-corrected chi connectivity index (χ1v) is 14.0. The number of carbonyl (C=O) groups excluding carboxylic acids is 3. The number of hydrogen-bond donors (Lipinski definition) is 1. The fourth-order valence-electron chi connectivity index (χ4n) is 5.17. The molecule has 1 aliphatic heterocycles. The highest BCUT2D eigenvalue weighted by molar-refractivity contribution is 6.31. The van der Waals surface area contributed by atoms with Crippen LogP contribution >= 0.6 is 11.6 Å². The van der Waals surface area contributed by atoms with Crippen molar-refractivity contribution in [2.45, 2.75) is 45.3 Å². The molecule has 1 aliphatic rings. The van der Waals surface area contributed by atoms with Gasteiger partial charge in [-0.25, -0.2) is 0 Å². The van der Waals surface area contributed by atoms with Crippen LogP contribution in [-0.4, -0.2) is 41.2 Å². The minimum absolute atomic E-state index is 0.0599. The monoisotopic (exact) mass is 553 g/mol. The molecule has 5 rings (SSSR count). The van der Waals surface area contributed by atoms with Crippen LogP contribution in [0.1, 0.15) is 41.8 Å². The summed E-state index contributed by atoms with van der Waals surface area (Å²) < 4.78 is 0. The van der Waals surface area contributed by atoms with Crippen molar-refractivity contribution in [3.05, 3.63) is 113 Å². The fraction of sp³-hybridized carbons (Fsp3) is 0.242. The van der Waals surface area contributed by atoms with Gasteiger partial charge in [-0.1, -0.05) is 91.3 Å². The zero-order valence-electron chi connectivity index (χ0n) is 22.6. The molecule has 0 bridgehead atoms. The molecule has 2 atom stereocenters. The number of benzene rings is 4. The second kappa shape index (κ2) is 11.9. The average Bonchev–Trinajstić information content (AvgIpc) is 3.24. The topological polar surface area (TPSA) is 69.7 Å². The van der Waals surface area contributed by atoms with Crippen LogP contribution < -0.4 is 10.2 Å². The van der Waals surface area contributed by atoms with Crippen LogP contribution in [0.25, 0.3) is 10.8 Å². The molecule has 0 aromatic heterocycles. The Bertz CT molecular complexity index is 1550. The molecule has 204 valence electrons. The lowest BCUT2D eigenvalue weighted by Gasteiger charge is -2.33. The number of amides is 3. The van der Waals surface area contributed by atoms with E-state index in [9.17, 15) is 14.4 Å². The Morgan fingerprint density at radius 3 is 2.35 bits per heavy atom. The molecule has 40 heavy (non-hydrogen) atoms. The third-order valence-corrected chi connectivity index (χ3v) is 7.88. The molecule has 0 radical (unpaired) electrons. The van der Waals surface area contributed by atoms with Gasteiger partial charge in [-0.05, 0) is 48.1 Å². The minimum Gasteiger partial charge on any atom is -0.352 e. The van der Waals surface area contributed by atoms with Crippen molar-refractivity contribution in [1.82, 2.24) is 10.2 Å². The smallest absolute Gasteiger partial charge is 0.259 e. The molecule has 0 fully saturated rings. The van der Waals surface area contributed by atoms with E-state index in [-0.39, 0.29) is 36.9 Å². The number of anilines is 1. The second-order valence-corrected chi connectivity index (χ2v) is 10.6. The number of nitrogens with zero attached hydrogens (tertiary/aromatic N) is 2. The number of halogens is 1. The van der Waals surface area contributed by atoms with Gasteiger partial charge in [0.05, 0.1) is 5.69 Å². The van der Waals surface area contributed by atoms with Crippen LogP contribution in [-0.2, 0) is 22.6 Å². The van der Waals surface area contributed by atoms with Gasteiger partial charge in [0.15, 0.2) is 0 Å². The van der Waals surface area contributed by atoms with E-state index < -0.39 is 6.04 Å². The van der Waals surface area contributed by atoms with Gasteiger partial charge in [0, 0.05) is 35.0 Å². The summed E-state index contributed by atoms with van der Waals surface area (Å²) in [6.07, 6.45) is 1.08. The Morgan fingerprint density at radius 2 is 1.62 bits per heavy atom. The van der Waals surface area contributed by atoms with Crippen molar-refractivity contribution >= 4 is 45.8 Å². The lowest BCUT2D eigenvalue weighted by molar-refractivity contribution is -0.140. The highest BCUT2D eigenvalue weighted by atomic mass is 35.5. The van der Waals surface area contributed by atoms with Gasteiger partial charge in [0.25, 0.3) is 5.91 Å². The summed E-state index contributed by atoms with van der Waals surface area (Å²) in [7, 11) is 0. The Hall–Kier alpha value is -4.16. The molecule has 1 N–H and O–H groups in total. The third kappa shape index (κ3) is 5.58. The van der Waals surface area contributed by atoms with E-state index in [1.54, 1.807) is 17.0 Å². The molecule has 1 heterocycles. The summed E-state index contributed by atoms with van der Waals surface area (Å²) in [6, 6.07) is 27.4. The first-order chi connectivity index (χ1) is 19.4. The van der Waals surface area contributed by atoms with Gasteiger partial charge in [-0.15, -0.1) is 0 Å². The van der Waals surface area contributed by atoms with E-state index in [2.05, 4.69) is 5.32 Å². The molecular weight excluding hydrogens is 522 g/mol. The molecule has 4 aromatic carbocycles. The van der Waals surface area contributed by atoms with Gasteiger partial charge in [0.1, 0.15) is 12.6 Å². The lowest BCUT2D eigenvalue weighted by atomic mass is 10.0. The summed E-state index contributed by atoms with van der Waals surface area (Å²) in [6.45, 7) is 3.88. The van der Waals surface area contributed by atoms with Gasteiger partial charge >= 0.3 is 0 Å². The molecular formula is C33H32ClN3O3. The molecule has 3 amide bonds. The van der Waals surface area contributed by atoms with Gasteiger partial charge in [0.2, 0.25) is 11.8 Å². The minimum atomic E-state index is -0.809. The summed E-state index contributed by atoms with van der Waals surface area (Å²) in [4.78, 5) is 44.6. The van der Waals surface area contributed by atoms with Gasteiger partial charge in [-0.2, -0.15) is 0 Å². The van der Waals surface area contributed by atoms with Crippen LogP contribution in [0.3, 0.4) is 0 Å². The summed E-state index contributed by atoms with van der Waals surface area (Å²) in [5.41, 5.74) is 2.94. The van der Waals surface area contributed by atoms with E-state index >= 15 is 0 Å². The third-order valence-electron chi connectivity index (χ3n) is 7.51. The molecule has 7 heteroatoms. The summed E-state index contributed by atoms with van der Waals surface area (Å²) in [5.74, 6) is -0.795. The lowest BCUT2D eigenvalue weighted by Crippen LogP contribution is -2.54. The summed E-state index contributed by atoms with van der Waals surface area (Å²) >= 11 is 6.53. The van der Waals surface area contributed by atoms with E-state index in [0.717, 1.165) is 28.3 Å². The van der Waals surface area contributed by atoms with Crippen molar-refractivity contribution in [3.8, 4) is 0 Å². The number of rotatable bonds is 10. The zero-order chi connectivity index (χ0) is 28.2. The highest BCUT2D eigenvalue weighted by Crippen LogP contribution is 2.37. The predicted octanol–water partition coefficient (Wildman–Crippen LogP) is 6.01. The first kappa shape index (κ1) is 27.4. The van der Waals surface area contributed by atoms with Gasteiger partial charge < -0.3 is 10.2 Å². The Balaban J connectivity index is 1.52. The highest BCUT2D eigenvalue weighted by Gasteiger charge is 2.36. The molecule has 0 spiro atoms. The normalized spacial score (nSPS) is 13.8. The largest absolute Gasteiger partial charge is 0.352 e. The quantitative estimate of drug-likeness (QED) is 0.261. The van der Waals surface area contributed by atoms with Crippen molar-refractivity contribution in [2.24, 2.45) is 0 Å². The maximum Gasteiger partial charge on any atom is 0.259 e. The predicted molar refractivity (Wildman–Crippen MR) is 159 cm³/mol. The maximum atomic E-state index is 14.2. The van der Waals surface area contributed by atoms with E-state index in [1.165, 1.54) is 4.90 Å². The summed E-state index contributed by atoms with van der Waals surface area (Å²) in [5, 5.41) is 5.37. The van der Waals surface area contributed by atoms with Crippen LogP contribution in [0.5, 0.6) is 0 Å². The number of nitrogens with one attached hydrogen (secondary N) is 1. The Labute approximate surface area is 239 Å². The van der Waals surface area contributed by atoms with Crippen LogP contribution in [0.2, 0.25) is 5.02 Å². The van der Waals surface area contributed by atoms with E-state index in [4.69, 9.17) is 11.6 Å². The van der Waals surface area contributed by atoms with Crippen molar-refractivity contribution < 1.29 is 14.4 Å². The maximum absolute atomic E-state index is 14.2. The second-order valence-electron chi connectivity index (χ2n) is 10.2. The molecule has 0 saturated carbocycles. The SMILES string of the molecule is CCC(C)NC(=O)C(Cc1ccccc1)N(Cc1ccccc1Cl)C(=O)CN1C(=O)c2cccc3cccc1c23. The standard InChI is InChI=1S/C33H32ClN3O3/c1-3-22(2)35-32(39)29(19-23-11-5-4-6-12-23)36(20-25-13-7-8-17-27(25)34)30(38)21-37-28-18-10-15-24-14-9-16-26(31(24)28)33(37)40/h4-18,22,29H,3,19-21H2,1-2H3,(H,35,39). The number of hydrogen-bond acceptors (Lipinski definition) is 3. The first-order valence-electron chi connectivity index (χ1n) is 13.6. The van der Waals surface area contributed by atoms with E-state index in [1.807, 2.05) is 92.7 Å².